The van der Waals surface area contributed by atoms with Crippen LogP contribution in [0.25, 0.3) is 0 Å². The summed E-state index contributed by atoms with van der Waals surface area (Å²) >= 11 is 5.80. The molecule has 23 heavy (non-hydrogen) atoms. The molecule has 2 aromatic carbocycles. The molecule has 0 saturated heterocycles. The average molecular weight is 354 g/mol. The van der Waals surface area contributed by atoms with Gasteiger partial charge in [0.1, 0.15) is 6.04 Å². The van der Waals surface area contributed by atoms with Crippen LogP contribution in [0.1, 0.15) is 6.92 Å². The van der Waals surface area contributed by atoms with E-state index in [2.05, 4.69) is 10.6 Å². The van der Waals surface area contributed by atoms with Crippen LogP contribution in [-0.4, -0.2) is 20.4 Å². The van der Waals surface area contributed by atoms with Gasteiger partial charge in [0.25, 0.3) is 0 Å². The third kappa shape index (κ3) is 4.95. The zero-order valence-corrected chi connectivity index (χ0v) is 13.9. The Bertz CT molecular complexity index is 790. The standard InChI is InChI=1S/C15H16ClN3O3S/c1-10(18-12-4-2-11(16)3-5-12)15(20)19-13-6-8-14(9-7-13)23(17,21)22/h2-10,18H,1H3,(H,19,20)(H2,17,21,22)/t10-/m0/s1. The first-order chi connectivity index (χ1) is 10.8. The fourth-order valence-corrected chi connectivity index (χ4v) is 2.48. The number of hydrogen-bond donors (Lipinski definition) is 3. The first-order valence-corrected chi connectivity index (χ1v) is 8.64. The monoisotopic (exact) mass is 353 g/mol. The van der Waals surface area contributed by atoms with Crippen LogP contribution in [0.5, 0.6) is 0 Å². The molecule has 122 valence electrons. The summed E-state index contributed by atoms with van der Waals surface area (Å²) in [5.74, 6) is -0.261. The Morgan fingerprint density at radius 2 is 1.57 bits per heavy atom. The Kier molecular flexibility index (Phi) is 5.25. The van der Waals surface area contributed by atoms with Crippen molar-refractivity contribution in [1.29, 1.82) is 0 Å². The second-order valence-corrected chi connectivity index (χ2v) is 6.93. The summed E-state index contributed by atoms with van der Waals surface area (Å²) in [6, 6.07) is 12.1. The van der Waals surface area contributed by atoms with Crippen molar-refractivity contribution >= 4 is 38.9 Å². The van der Waals surface area contributed by atoms with Crippen LogP contribution >= 0.6 is 11.6 Å². The van der Waals surface area contributed by atoms with Gasteiger partial charge in [-0.3, -0.25) is 4.79 Å². The van der Waals surface area contributed by atoms with E-state index in [1.54, 1.807) is 31.2 Å². The van der Waals surface area contributed by atoms with E-state index in [1.807, 2.05) is 0 Å². The lowest BCUT2D eigenvalue weighted by atomic mass is 10.2. The van der Waals surface area contributed by atoms with Crippen molar-refractivity contribution in [2.24, 2.45) is 5.14 Å². The molecule has 0 heterocycles. The summed E-state index contributed by atoms with van der Waals surface area (Å²) in [6.45, 7) is 1.71. The van der Waals surface area contributed by atoms with Crippen molar-refractivity contribution < 1.29 is 13.2 Å². The maximum atomic E-state index is 12.1. The van der Waals surface area contributed by atoms with Gasteiger partial charge < -0.3 is 10.6 Å². The molecule has 0 radical (unpaired) electrons. The second-order valence-electron chi connectivity index (χ2n) is 4.93. The Balaban J connectivity index is 1.99. The number of anilines is 2. The van der Waals surface area contributed by atoms with Crippen LogP contribution in [0.2, 0.25) is 5.02 Å². The van der Waals surface area contributed by atoms with Gasteiger partial charge in [-0.15, -0.1) is 0 Å². The summed E-state index contributed by atoms with van der Waals surface area (Å²) in [6.07, 6.45) is 0. The summed E-state index contributed by atoms with van der Waals surface area (Å²) in [5, 5.41) is 11.4. The van der Waals surface area contributed by atoms with Crippen molar-refractivity contribution in [2.45, 2.75) is 17.9 Å². The molecule has 0 aliphatic heterocycles. The van der Waals surface area contributed by atoms with E-state index in [4.69, 9.17) is 16.7 Å². The molecular weight excluding hydrogens is 338 g/mol. The normalized spacial score (nSPS) is 12.5. The van der Waals surface area contributed by atoms with Gasteiger partial charge in [0.2, 0.25) is 15.9 Å². The molecule has 0 bridgehead atoms. The maximum absolute atomic E-state index is 12.1. The van der Waals surface area contributed by atoms with Gasteiger partial charge in [0, 0.05) is 16.4 Å². The van der Waals surface area contributed by atoms with Gasteiger partial charge in [0.15, 0.2) is 0 Å². The molecule has 8 heteroatoms. The van der Waals surface area contributed by atoms with Crippen LogP contribution in [-0.2, 0) is 14.8 Å². The predicted molar refractivity (Wildman–Crippen MR) is 91.0 cm³/mol. The lowest BCUT2D eigenvalue weighted by molar-refractivity contribution is -0.116. The van der Waals surface area contributed by atoms with E-state index < -0.39 is 16.1 Å². The molecule has 0 aromatic heterocycles. The molecule has 4 N–H and O–H groups in total. The largest absolute Gasteiger partial charge is 0.374 e. The van der Waals surface area contributed by atoms with Crippen molar-refractivity contribution in [3.63, 3.8) is 0 Å². The fraction of sp³-hybridized carbons (Fsp3) is 0.133. The first-order valence-electron chi connectivity index (χ1n) is 6.71. The summed E-state index contributed by atoms with van der Waals surface area (Å²) < 4.78 is 22.3. The number of halogens is 1. The highest BCUT2D eigenvalue weighted by atomic mass is 35.5. The quantitative estimate of drug-likeness (QED) is 0.768. The van der Waals surface area contributed by atoms with Gasteiger partial charge in [-0.2, -0.15) is 0 Å². The molecule has 0 saturated carbocycles. The van der Waals surface area contributed by atoms with Crippen molar-refractivity contribution in [1.82, 2.24) is 0 Å². The first kappa shape index (κ1) is 17.3. The minimum absolute atomic E-state index is 0.0113. The third-order valence-electron chi connectivity index (χ3n) is 3.07. The lowest BCUT2D eigenvalue weighted by Gasteiger charge is -2.15. The van der Waals surface area contributed by atoms with Crippen LogP contribution in [0.4, 0.5) is 11.4 Å². The molecular formula is C15H16ClN3O3S. The SMILES string of the molecule is C[C@H](Nc1ccc(Cl)cc1)C(=O)Nc1ccc(S(N)(=O)=O)cc1. The molecule has 2 rings (SSSR count). The van der Waals surface area contributed by atoms with Gasteiger partial charge in [-0.1, -0.05) is 11.6 Å². The Morgan fingerprint density at radius 1 is 1.04 bits per heavy atom. The van der Waals surface area contributed by atoms with Crippen molar-refractivity contribution in [3.8, 4) is 0 Å². The minimum atomic E-state index is -3.74. The van der Waals surface area contributed by atoms with Crippen LogP contribution in [0, 0.1) is 0 Å². The number of amides is 1. The molecule has 1 amide bonds. The van der Waals surface area contributed by atoms with Gasteiger partial charge in [-0.25, -0.2) is 13.6 Å². The fourth-order valence-electron chi connectivity index (χ4n) is 1.84. The molecule has 0 spiro atoms. The molecule has 2 aromatic rings. The minimum Gasteiger partial charge on any atom is -0.374 e. The average Bonchev–Trinajstić information content (AvgIpc) is 2.49. The molecule has 0 unspecified atom stereocenters. The summed E-state index contributed by atoms with van der Waals surface area (Å²) in [4.78, 5) is 12.1. The number of benzene rings is 2. The van der Waals surface area contributed by atoms with Crippen molar-refractivity contribution in [2.75, 3.05) is 10.6 Å². The topological polar surface area (TPSA) is 101 Å². The summed E-state index contributed by atoms with van der Waals surface area (Å²) in [5.41, 5.74) is 1.24. The van der Waals surface area contributed by atoms with E-state index in [9.17, 15) is 13.2 Å². The number of nitrogens with one attached hydrogen (secondary N) is 2. The molecule has 0 fully saturated rings. The van der Waals surface area contributed by atoms with E-state index in [-0.39, 0.29) is 10.8 Å². The second kappa shape index (κ2) is 6.99. The van der Waals surface area contributed by atoms with Gasteiger partial charge in [-0.05, 0) is 55.5 Å². The number of rotatable bonds is 5. The van der Waals surface area contributed by atoms with Crippen LogP contribution < -0.4 is 15.8 Å². The highest BCUT2D eigenvalue weighted by molar-refractivity contribution is 7.89. The number of primary sulfonamides is 1. The Morgan fingerprint density at radius 3 is 2.09 bits per heavy atom. The number of nitrogens with two attached hydrogens (primary N) is 1. The maximum Gasteiger partial charge on any atom is 0.246 e. The highest BCUT2D eigenvalue weighted by Crippen LogP contribution is 2.16. The molecule has 0 aliphatic rings. The van der Waals surface area contributed by atoms with E-state index in [0.717, 1.165) is 5.69 Å². The highest BCUT2D eigenvalue weighted by Gasteiger charge is 2.13. The van der Waals surface area contributed by atoms with E-state index in [1.165, 1.54) is 24.3 Å². The third-order valence-corrected chi connectivity index (χ3v) is 4.25. The zero-order chi connectivity index (χ0) is 17.0. The van der Waals surface area contributed by atoms with Crippen LogP contribution in [0.15, 0.2) is 53.4 Å². The summed E-state index contributed by atoms with van der Waals surface area (Å²) in [7, 11) is -3.74. The molecule has 0 aliphatic carbocycles. The lowest BCUT2D eigenvalue weighted by Crippen LogP contribution is -2.31. The number of sulfonamides is 1. The molecule has 1 atom stereocenters. The van der Waals surface area contributed by atoms with Gasteiger partial charge in [0.05, 0.1) is 4.90 Å². The van der Waals surface area contributed by atoms with E-state index >= 15 is 0 Å². The number of hydrogen-bond acceptors (Lipinski definition) is 4. The predicted octanol–water partition coefficient (Wildman–Crippen LogP) is 2.43. The Hall–Kier alpha value is -2.09. The zero-order valence-electron chi connectivity index (χ0n) is 12.3. The van der Waals surface area contributed by atoms with Crippen molar-refractivity contribution in [3.05, 3.63) is 53.6 Å². The van der Waals surface area contributed by atoms with E-state index in [0.29, 0.717) is 10.7 Å². The van der Waals surface area contributed by atoms with Crippen LogP contribution in [0.3, 0.4) is 0 Å². The van der Waals surface area contributed by atoms with Gasteiger partial charge >= 0.3 is 0 Å². The Labute approximate surface area is 139 Å². The molecule has 6 nitrogen and oxygen atoms in total. The number of carbonyl (C=O) groups excluding carboxylic acids is 1. The smallest absolute Gasteiger partial charge is 0.246 e. The number of carbonyl (C=O) groups is 1.